The monoisotopic (exact) mass is 324 g/mol. The molecule has 110 valence electrons. The molecule has 0 spiro atoms. The van der Waals surface area contributed by atoms with Crippen molar-refractivity contribution in [2.75, 3.05) is 6.61 Å². The van der Waals surface area contributed by atoms with Crippen molar-refractivity contribution in [3.8, 4) is 0 Å². The second-order valence-corrected chi connectivity index (χ2v) is 5.57. The third-order valence-electron chi connectivity index (χ3n) is 3.14. The summed E-state index contributed by atoms with van der Waals surface area (Å²) in [5, 5.41) is 12.8. The van der Waals surface area contributed by atoms with Crippen LogP contribution < -0.4 is 5.32 Å². The molecule has 1 aromatic carbocycles. The molecule has 2 N–H and O–H groups in total. The van der Waals surface area contributed by atoms with Gasteiger partial charge in [-0.15, -0.1) is 0 Å². The summed E-state index contributed by atoms with van der Waals surface area (Å²) >= 11 is 11.7. The lowest BCUT2D eigenvalue weighted by Crippen LogP contribution is -2.46. The second-order valence-electron chi connectivity index (χ2n) is 4.77. The molecule has 0 fully saturated rings. The van der Waals surface area contributed by atoms with E-state index in [0.717, 1.165) is 5.56 Å². The van der Waals surface area contributed by atoms with Crippen LogP contribution in [0.5, 0.6) is 0 Å². The number of rotatable bonds is 4. The molecule has 2 rings (SSSR count). The van der Waals surface area contributed by atoms with Crippen molar-refractivity contribution in [1.29, 1.82) is 0 Å². The maximum Gasteiger partial charge on any atom is 0.272 e. The molecule has 1 unspecified atom stereocenters. The Labute approximate surface area is 132 Å². The number of aromatic nitrogens is 1. The molecule has 0 saturated carbocycles. The molecule has 0 saturated heterocycles. The van der Waals surface area contributed by atoms with Gasteiger partial charge in [-0.1, -0.05) is 53.5 Å². The van der Waals surface area contributed by atoms with E-state index in [-0.39, 0.29) is 22.5 Å². The first-order valence-electron chi connectivity index (χ1n) is 6.27. The number of benzene rings is 1. The fourth-order valence-corrected chi connectivity index (χ4v) is 2.23. The molecular formula is C15H14Cl2N2O2. The maximum atomic E-state index is 12.3. The second kappa shape index (κ2) is 6.43. The first-order valence-corrected chi connectivity index (χ1v) is 7.03. The quantitative estimate of drug-likeness (QED) is 0.850. The summed E-state index contributed by atoms with van der Waals surface area (Å²) in [5.41, 5.74) is -0.134. The Kier molecular flexibility index (Phi) is 4.83. The van der Waals surface area contributed by atoms with Crippen LogP contribution >= 0.6 is 23.2 Å². The number of carbonyl (C=O) groups excluding carboxylic acids is 1. The normalized spacial score (nSPS) is 13.5. The molecule has 0 aliphatic carbocycles. The van der Waals surface area contributed by atoms with Crippen molar-refractivity contribution in [2.45, 2.75) is 12.5 Å². The molecule has 4 nitrogen and oxygen atoms in total. The lowest BCUT2D eigenvalue weighted by Gasteiger charge is -2.29. The van der Waals surface area contributed by atoms with Gasteiger partial charge in [-0.2, -0.15) is 0 Å². The highest BCUT2D eigenvalue weighted by Gasteiger charge is 2.29. The lowest BCUT2D eigenvalue weighted by molar-refractivity contribution is 0.0844. The van der Waals surface area contributed by atoms with E-state index in [4.69, 9.17) is 23.2 Å². The van der Waals surface area contributed by atoms with Gasteiger partial charge in [0.15, 0.2) is 0 Å². The van der Waals surface area contributed by atoms with Crippen LogP contribution in [-0.4, -0.2) is 22.6 Å². The van der Waals surface area contributed by atoms with Gasteiger partial charge in [0.25, 0.3) is 5.91 Å². The number of pyridine rings is 1. The Balaban J connectivity index is 2.30. The van der Waals surface area contributed by atoms with Crippen molar-refractivity contribution in [3.63, 3.8) is 0 Å². The molecule has 1 aromatic heterocycles. The van der Waals surface area contributed by atoms with Gasteiger partial charge in [-0.25, -0.2) is 4.98 Å². The zero-order valence-electron chi connectivity index (χ0n) is 11.3. The number of aliphatic hydroxyl groups excluding tert-OH is 1. The Bertz CT molecular complexity index is 649. The van der Waals surface area contributed by atoms with Crippen LogP contribution in [0.15, 0.2) is 42.5 Å². The summed E-state index contributed by atoms with van der Waals surface area (Å²) < 4.78 is 0. The van der Waals surface area contributed by atoms with Gasteiger partial charge >= 0.3 is 0 Å². The summed E-state index contributed by atoms with van der Waals surface area (Å²) in [6.45, 7) is 1.46. The largest absolute Gasteiger partial charge is 0.394 e. The summed E-state index contributed by atoms with van der Waals surface area (Å²) in [6, 6.07) is 12.2. The van der Waals surface area contributed by atoms with Crippen LogP contribution in [0.2, 0.25) is 10.2 Å². The van der Waals surface area contributed by atoms with Crippen LogP contribution in [0, 0.1) is 0 Å². The summed E-state index contributed by atoms with van der Waals surface area (Å²) in [7, 11) is 0. The highest BCUT2D eigenvalue weighted by molar-refractivity contribution is 6.34. The first-order chi connectivity index (χ1) is 9.96. The standard InChI is InChI=1S/C15H14Cl2N2O2/c1-15(9-20,10-5-3-2-4-6-10)19-14(21)13-11(16)7-8-12(17)18-13/h2-8,20H,9H2,1H3,(H,19,21). The summed E-state index contributed by atoms with van der Waals surface area (Å²) in [6.07, 6.45) is 0. The molecule has 1 atom stereocenters. The van der Waals surface area contributed by atoms with Crippen molar-refractivity contribution in [3.05, 3.63) is 63.9 Å². The molecule has 0 radical (unpaired) electrons. The highest BCUT2D eigenvalue weighted by Crippen LogP contribution is 2.22. The minimum atomic E-state index is -0.939. The molecule has 21 heavy (non-hydrogen) atoms. The van der Waals surface area contributed by atoms with E-state index < -0.39 is 11.4 Å². The summed E-state index contributed by atoms with van der Waals surface area (Å²) in [4.78, 5) is 16.3. The first kappa shape index (κ1) is 15.8. The SMILES string of the molecule is CC(CO)(NC(=O)c1nc(Cl)ccc1Cl)c1ccccc1. The number of halogens is 2. The van der Waals surface area contributed by atoms with E-state index in [0.29, 0.717) is 0 Å². The topological polar surface area (TPSA) is 62.2 Å². The zero-order chi connectivity index (χ0) is 15.5. The van der Waals surface area contributed by atoms with E-state index in [1.807, 2.05) is 30.3 Å². The van der Waals surface area contributed by atoms with Crippen molar-refractivity contribution in [2.24, 2.45) is 0 Å². The zero-order valence-corrected chi connectivity index (χ0v) is 12.8. The number of carbonyl (C=O) groups is 1. The van der Waals surface area contributed by atoms with Gasteiger partial charge in [-0.05, 0) is 24.6 Å². The number of aliphatic hydroxyl groups is 1. The molecule has 1 amide bonds. The smallest absolute Gasteiger partial charge is 0.272 e. The Hall–Kier alpha value is -1.62. The fraction of sp³-hybridized carbons (Fsp3) is 0.200. The van der Waals surface area contributed by atoms with Gasteiger partial charge in [0.2, 0.25) is 0 Å². The predicted octanol–water partition coefficient (Wildman–Crippen LogP) is 3.03. The molecule has 6 heteroatoms. The van der Waals surface area contributed by atoms with E-state index in [1.54, 1.807) is 6.92 Å². The lowest BCUT2D eigenvalue weighted by atomic mass is 9.92. The van der Waals surface area contributed by atoms with Crippen molar-refractivity contribution >= 4 is 29.1 Å². The maximum absolute atomic E-state index is 12.3. The third-order valence-corrected chi connectivity index (χ3v) is 3.66. The average Bonchev–Trinajstić information content (AvgIpc) is 2.50. The molecule has 0 aliphatic rings. The van der Waals surface area contributed by atoms with E-state index in [2.05, 4.69) is 10.3 Å². The molecular weight excluding hydrogens is 311 g/mol. The summed E-state index contributed by atoms with van der Waals surface area (Å²) in [5.74, 6) is -0.497. The van der Waals surface area contributed by atoms with Gasteiger partial charge in [-0.3, -0.25) is 4.79 Å². The van der Waals surface area contributed by atoms with Crippen LogP contribution in [0.3, 0.4) is 0 Å². The number of nitrogens with one attached hydrogen (secondary N) is 1. The minimum Gasteiger partial charge on any atom is -0.394 e. The Morgan fingerprint density at radius 2 is 1.90 bits per heavy atom. The number of hydrogen-bond donors (Lipinski definition) is 2. The van der Waals surface area contributed by atoms with Gasteiger partial charge in [0.05, 0.1) is 17.2 Å². The number of hydrogen-bond acceptors (Lipinski definition) is 3. The predicted molar refractivity (Wildman–Crippen MR) is 82.6 cm³/mol. The van der Waals surface area contributed by atoms with E-state index >= 15 is 0 Å². The molecule has 2 aromatic rings. The van der Waals surface area contributed by atoms with Gasteiger partial charge in [0, 0.05) is 0 Å². The average molecular weight is 325 g/mol. The Morgan fingerprint density at radius 3 is 2.52 bits per heavy atom. The van der Waals surface area contributed by atoms with Gasteiger partial charge in [0.1, 0.15) is 10.8 Å². The van der Waals surface area contributed by atoms with Crippen LogP contribution in [-0.2, 0) is 5.54 Å². The molecule has 1 heterocycles. The molecule has 0 aliphatic heterocycles. The van der Waals surface area contributed by atoms with Crippen molar-refractivity contribution in [1.82, 2.24) is 10.3 Å². The van der Waals surface area contributed by atoms with E-state index in [9.17, 15) is 9.90 Å². The number of amides is 1. The number of nitrogens with zero attached hydrogens (tertiary/aromatic N) is 1. The van der Waals surface area contributed by atoms with Crippen LogP contribution in [0.25, 0.3) is 0 Å². The van der Waals surface area contributed by atoms with Gasteiger partial charge < -0.3 is 10.4 Å². The molecule has 0 bridgehead atoms. The third kappa shape index (κ3) is 3.53. The Morgan fingerprint density at radius 1 is 1.24 bits per heavy atom. The fourth-order valence-electron chi connectivity index (χ4n) is 1.90. The van der Waals surface area contributed by atoms with Crippen LogP contribution in [0.1, 0.15) is 23.0 Å². The van der Waals surface area contributed by atoms with E-state index in [1.165, 1.54) is 12.1 Å². The highest BCUT2D eigenvalue weighted by atomic mass is 35.5. The van der Waals surface area contributed by atoms with Crippen LogP contribution in [0.4, 0.5) is 0 Å². The minimum absolute atomic E-state index is 0.0276. The van der Waals surface area contributed by atoms with Crippen molar-refractivity contribution < 1.29 is 9.90 Å².